The van der Waals surface area contributed by atoms with Crippen molar-refractivity contribution in [2.24, 2.45) is 0 Å². The lowest BCUT2D eigenvalue weighted by Crippen LogP contribution is -2.34. The van der Waals surface area contributed by atoms with Gasteiger partial charge in [0.25, 0.3) is 21.7 Å². The van der Waals surface area contributed by atoms with E-state index in [9.17, 15) is 13.2 Å². The van der Waals surface area contributed by atoms with E-state index in [1.54, 1.807) is 42.5 Å². The third-order valence-corrected chi connectivity index (χ3v) is 7.32. The van der Waals surface area contributed by atoms with Crippen LogP contribution in [0.25, 0.3) is 0 Å². The van der Waals surface area contributed by atoms with E-state index in [-0.39, 0.29) is 10.8 Å². The third kappa shape index (κ3) is 4.26. The molecule has 1 aliphatic heterocycles. The molecule has 0 bridgehead atoms. The molecule has 1 saturated carbocycles. The number of amides is 1. The van der Waals surface area contributed by atoms with Crippen LogP contribution in [0.1, 0.15) is 36.0 Å². The molecule has 1 amide bonds. The number of nitrogens with one attached hydrogen (secondary N) is 2. The van der Waals surface area contributed by atoms with Crippen LogP contribution in [0.2, 0.25) is 0 Å². The summed E-state index contributed by atoms with van der Waals surface area (Å²) >= 11 is 0. The number of rotatable bonds is 6. The predicted octanol–water partition coefficient (Wildman–Crippen LogP) is 4.79. The average molecular weight is 481 g/mol. The Bertz CT molecular complexity index is 1330. The highest BCUT2D eigenvalue weighted by Gasteiger charge is 2.44. The van der Waals surface area contributed by atoms with Gasteiger partial charge in [-0.3, -0.25) is 9.52 Å². The number of sulfonamides is 1. The van der Waals surface area contributed by atoms with Gasteiger partial charge in [0.2, 0.25) is 0 Å². The van der Waals surface area contributed by atoms with Gasteiger partial charge < -0.3 is 19.5 Å². The quantitative estimate of drug-likeness (QED) is 0.526. The number of para-hydroxylation sites is 2. The van der Waals surface area contributed by atoms with Crippen LogP contribution in [0, 0.1) is 0 Å². The number of carbonyl (C=O) groups excluding carboxylic acids is 1. The Morgan fingerprint density at radius 1 is 0.941 bits per heavy atom. The van der Waals surface area contributed by atoms with Gasteiger partial charge in [0, 0.05) is 30.2 Å². The molecule has 2 aliphatic rings. The summed E-state index contributed by atoms with van der Waals surface area (Å²) < 4.78 is 45.3. The number of methoxy groups -OCH3 is 1. The number of fused-ring (bicyclic) bond motifs is 1. The van der Waals surface area contributed by atoms with E-state index in [1.807, 2.05) is 0 Å². The Morgan fingerprint density at radius 2 is 1.65 bits per heavy atom. The topological polar surface area (TPSA) is 103 Å². The van der Waals surface area contributed by atoms with Crippen molar-refractivity contribution >= 4 is 27.3 Å². The third-order valence-electron chi connectivity index (χ3n) is 5.94. The summed E-state index contributed by atoms with van der Waals surface area (Å²) in [5.41, 5.74) is 1.21. The van der Waals surface area contributed by atoms with Crippen molar-refractivity contribution in [1.29, 1.82) is 0 Å². The fourth-order valence-corrected chi connectivity index (χ4v) is 5.28. The molecule has 1 aliphatic carbocycles. The minimum Gasteiger partial charge on any atom is -0.495 e. The van der Waals surface area contributed by atoms with Crippen LogP contribution in [-0.2, 0) is 10.0 Å². The van der Waals surface area contributed by atoms with Gasteiger partial charge >= 0.3 is 0 Å². The molecule has 3 aromatic carbocycles. The van der Waals surface area contributed by atoms with Gasteiger partial charge in [-0.1, -0.05) is 12.1 Å². The maximum Gasteiger partial charge on any atom is 0.262 e. The zero-order chi connectivity index (χ0) is 23.8. The molecular formula is C25H24N2O6S. The molecule has 2 N–H and O–H groups in total. The summed E-state index contributed by atoms with van der Waals surface area (Å²) in [5.74, 6) is 0.769. The van der Waals surface area contributed by atoms with Crippen LogP contribution in [0.5, 0.6) is 17.2 Å². The van der Waals surface area contributed by atoms with E-state index >= 15 is 0 Å². The average Bonchev–Trinajstić information content (AvgIpc) is 3.44. The molecule has 0 radical (unpaired) electrons. The minimum absolute atomic E-state index is 0.0277. The predicted molar refractivity (Wildman–Crippen MR) is 127 cm³/mol. The lowest BCUT2D eigenvalue weighted by atomic mass is 10.2. The van der Waals surface area contributed by atoms with Crippen LogP contribution >= 0.6 is 0 Å². The number of hydrogen-bond donors (Lipinski definition) is 2. The van der Waals surface area contributed by atoms with E-state index < -0.39 is 15.8 Å². The summed E-state index contributed by atoms with van der Waals surface area (Å²) in [6, 6.07) is 17.7. The van der Waals surface area contributed by atoms with Crippen LogP contribution in [0.15, 0.2) is 71.6 Å². The zero-order valence-electron chi connectivity index (χ0n) is 18.5. The first-order valence-electron chi connectivity index (χ1n) is 11.0. The Balaban J connectivity index is 1.27. The highest BCUT2D eigenvalue weighted by molar-refractivity contribution is 7.92. The first kappa shape index (κ1) is 22.1. The van der Waals surface area contributed by atoms with Gasteiger partial charge in [-0.25, -0.2) is 8.42 Å². The molecule has 8 nitrogen and oxygen atoms in total. The van der Waals surface area contributed by atoms with Gasteiger partial charge in [-0.05, 0) is 61.4 Å². The Labute approximate surface area is 197 Å². The number of carbonyl (C=O) groups is 1. The molecule has 5 rings (SSSR count). The summed E-state index contributed by atoms with van der Waals surface area (Å²) in [5, 5.41) is 2.82. The number of hydrogen-bond acceptors (Lipinski definition) is 6. The maximum absolute atomic E-state index is 12.8. The highest BCUT2D eigenvalue weighted by atomic mass is 32.2. The Hall–Kier alpha value is -3.72. The lowest BCUT2D eigenvalue weighted by molar-refractivity contribution is -0.0716. The normalized spacial score (nSPS) is 15.8. The van der Waals surface area contributed by atoms with Crippen molar-refractivity contribution in [1.82, 2.24) is 0 Å². The molecule has 1 spiro atoms. The van der Waals surface area contributed by atoms with Gasteiger partial charge in [0.1, 0.15) is 5.75 Å². The van der Waals surface area contributed by atoms with Crippen molar-refractivity contribution in [2.75, 3.05) is 17.1 Å². The fourth-order valence-electron chi connectivity index (χ4n) is 4.21. The molecule has 0 saturated heterocycles. The molecule has 0 atom stereocenters. The number of anilines is 2. The lowest BCUT2D eigenvalue weighted by Gasteiger charge is -2.21. The number of benzene rings is 3. The van der Waals surface area contributed by atoms with Crippen molar-refractivity contribution in [3.8, 4) is 17.2 Å². The smallest absolute Gasteiger partial charge is 0.262 e. The van der Waals surface area contributed by atoms with Gasteiger partial charge in [-0.2, -0.15) is 0 Å². The van der Waals surface area contributed by atoms with E-state index in [4.69, 9.17) is 14.2 Å². The van der Waals surface area contributed by atoms with E-state index in [2.05, 4.69) is 10.0 Å². The molecule has 3 aromatic rings. The zero-order valence-corrected chi connectivity index (χ0v) is 19.4. The van der Waals surface area contributed by atoms with Gasteiger partial charge in [-0.15, -0.1) is 0 Å². The summed E-state index contributed by atoms with van der Waals surface area (Å²) in [6.07, 6.45) is 3.84. The van der Waals surface area contributed by atoms with Crippen molar-refractivity contribution in [2.45, 2.75) is 36.4 Å². The molecule has 0 aromatic heterocycles. The summed E-state index contributed by atoms with van der Waals surface area (Å²) in [6.45, 7) is 0. The Kier molecular flexibility index (Phi) is 5.57. The maximum atomic E-state index is 12.8. The number of ether oxygens (including phenoxy) is 3. The van der Waals surface area contributed by atoms with Crippen molar-refractivity contribution in [3.63, 3.8) is 0 Å². The second-order valence-electron chi connectivity index (χ2n) is 8.27. The van der Waals surface area contributed by atoms with Crippen molar-refractivity contribution in [3.05, 3.63) is 72.3 Å². The van der Waals surface area contributed by atoms with E-state index in [1.165, 1.54) is 31.4 Å². The van der Waals surface area contributed by atoms with E-state index in [0.29, 0.717) is 34.2 Å². The van der Waals surface area contributed by atoms with Crippen LogP contribution in [0.4, 0.5) is 11.4 Å². The molecule has 0 unspecified atom stereocenters. The van der Waals surface area contributed by atoms with Gasteiger partial charge in [0.15, 0.2) is 11.5 Å². The van der Waals surface area contributed by atoms with E-state index in [0.717, 1.165) is 25.7 Å². The first-order valence-corrected chi connectivity index (χ1v) is 12.5. The molecule has 176 valence electrons. The minimum atomic E-state index is -3.86. The second-order valence-corrected chi connectivity index (χ2v) is 9.95. The Morgan fingerprint density at radius 3 is 2.38 bits per heavy atom. The molecule has 9 heteroatoms. The molecule has 1 heterocycles. The monoisotopic (exact) mass is 480 g/mol. The largest absolute Gasteiger partial charge is 0.495 e. The van der Waals surface area contributed by atoms with Crippen LogP contribution < -0.4 is 24.2 Å². The molecule has 34 heavy (non-hydrogen) atoms. The van der Waals surface area contributed by atoms with Crippen molar-refractivity contribution < 1.29 is 27.4 Å². The van der Waals surface area contributed by atoms with Gasteiger partial charge in [0.05, 0.1) is 17.7 Å². The summed E-state index contributed by atoms with van der Waals surface area (Å²) in [7, 11) is -2.39. The first-order chi connectivity index (χ1) is 16.4. The van der Waals surface area contributed by atoms with Crippen LogP contribution in [-0.4, -0.2) is 27.2 Å². The fraction of sp³-hybridized carbons (Fsp3) is 0.240. The second kappa shape index (κ2) is 8.57. The standard InChI is InChI=1S/C25H24N2O6S/c1-31-21-7-3-2-6-20(21)27-34(29,30)19-11-8-17(9-12-19)24(28)26-18-10-13-22-23(16-18)33-25(32-22)14-4-5-15-25/h2-3,6-13,16,27H,4-5,14-15H2,1H3,(H,26,28). The highest BCUT2D eigenvalue weighted by Crippen LogP contribution is 2.47. The molecular weight excluding hydrogens is 456 g/mol. The summed E-state index contributed by atoms with van der Waals surface area (Å²) in [4.78, 5) is 12.8. The molecule has 1 fully saturated rings. The SMILES string of the molecule is COc1ccccc1NS(=O)(=O)c1ccc(C(=O)Nc2ccc3c(c2)OC2(CCCC2)O3)cc1. The van der Waals surface area contributed by atoms with Crippen LogP contribution in [0.3, 0.4) is 0 Å².